The van der Waals surface area contributed by atoms with Crippen LogP contribution in [0.1, 0.15) is 87.8 Å². The average molecular weight is 585 g/mol. The zero-order valence-corrected chi connectivity index (χ0v) is 26.3. The largest absolute Gasteiger partial charge is 0.507 e. The van der Waals surface area contributed by atoms with E-state index < -0.39 is 24.0 Å². The maximum atomic E-state index is 12.0. The van der Waals surface area contributed by atoms with Gasteiger partial charge in [-0.15, -0.1) is 0 Å². The molecule has 1 aliphatic heterocycles. The summed E-state index contributed by atoms with van der Waals surface area (Å²) < 4.78 is 10.4. The molecule has 1 aliphatic rings. The first-order valence-corrected chi connectivity index (χ1v) is 14.4. The van der Waals surface area contributed by atoms with Crippen molar-refractivity contribution in [2.45, 2.75) is 98.0 Å². The van der Waals surface area contributed by atoms with E-state index >= 15 is 0 Å². The number of phenols is 2. The Hall–Kier alpha value is -3.52. The van der Waals surface area contributed by atoms with Crippen molar-refractivity contribution in [1.29, 1.82) is 0 Å². The number of phenolic OH excluding ortho intramolecular Hbond substituents is 2. The molecule has 0 aliphatic carbocycles. The molecular weight excluding hydrogens is 536 g/mol. The van der Waals surface area contributed by atoms with Gasteiger partial charge in [0.1, 0.15) is 11.5 Å². The molecule has 0 radical (unpaired) electrons. The van der Waals surface area contributed by atoms with Crippen molar-refractivity contribution in [1.82, 2.24) is 0 Å². The van der Waals surface area contributed by atoms with Gasteiger partial charge in [-0.1, -0.05) is 65.8 Å². The van der Waals surface area contributed by atoms with E-state index in [0.717, 1.165) is 35.3 Å². The van der Waals surface area contributed by atoms with Crippen molar-refractivity contribution in [3.05, 3.63) is 70.0 Å². The van der Waals surface area contributed by atoms with Gasteiger partial charge in [0.15, 0.2) is 6.10 Å². The molecule has 2 aromatic carbocycles. The first-order valence-electron chi connectivity index (χ1n) is 14.4. The smallest absolute Gasteiger partial charge is 0.333 e. The maximum absolute atomic E-state index is 12.0. The Bertz CT molecular complexity index is 1170. The number of aryl methyl sites for hydroxylation is 2. The molecule has 8 heteroatoms. The number of aromatic hydroxyl groups is 2. The van der Waals surface area contributed by atoms with Crippen LogP contribution in [0.5, 0.6) is 11.5 Å². The van der Waals surface area contributed by atoms with E-state index in [2.05, 4.69) is 0 Å². The van der Waals surface area contributed by atoms with Gasteiger partial charge in [0.25, 0.3) is 0 Å². The van der Waals surface area contributed by atoms with Crippen LogP contribution in [0.15, 0.2) is 36.6 Å². The maximum Gasteiger partial charge on any atom is 0.333 e. The molecule has 42 heavy (non-hydrogen) atoms. The number of carbonyl (C=O) groups is 2. The number of rotatable bonds is 10. The van der Waals surface area contributed by atoms with Crippen LogP contribution >= 0.6 is 0 Å². The Balaban J connectivity index is 0.00000111. The number of hydrogen-bond acceptors (Lipinski definition) is 6. The number of carboxylic acid groups (broad SMARTS) is 2. The second kappa shape index (κ2) is 14.6. The number of benzene rings is 2. The van der Waals surface area contributed by atoms with Gasteiger partial charge in [-0.25, -0.2) is 4.79 Å². The van der Waals surface area contributed by atoms with Gasteiger partial charge in [0.2, 0.25) is 0 Å². The van der Waals surface area contributed by atoms with E-state index in [9.17, 15) is 30.0 Å². The highest BCUT2D eigenvalue weighted by Crippen LogP contribution is 2.36. The van der Waals surface area contributed by atoms with Gasteiger partial charge in [0, 0.05) is 19.4 Å². The summed E-state index contributed by atoms with van der Waals surface area (Å²) in [6.07, 6.45) is 4.19. The molecule has 2 unspecified atom stereocenters. The Kier molecular flexibility index (Phi) is 12.0. The molecule has 232 valence electrons. The van der Waals surface area contributed by atoms with Gasteiger partial charge in [-0.3, -0.25) is 4.79 Å². The summed E-state index contributed by atoms with van der Waals surface area (Å²) in [7, 11) is 0. The molecule has 3 rings (SSSR count). The predicted molar refractivity (Wildman–Crippen MR) is 163 cm³/mol. The van der Waals surface area contributed by atoms with Crippen LogP contribution in [0, 0.1) is 19.8 Å². The molecule has 0 bridgehead atoms. The summed E-state index contributed by atoms with van der Waals surface area (Å²) in [5.74, 6) is -2.46. The first-order chi connectivity index (χ1) is 19.4. The van der Waals surface area contributed by atoms with E-state index in [0.29, 0.717) is 11.1 Å². The fourth-order valence-corrected chi connectivity index (χ4v) is 4.81. The Morgan fingerprint density at radius 1 is 0.833 bits per heavy atom. The molecule has 0 spiro atoms. The summed E-state index contributed by atoms with van der Waals surface area (Å²) >= 11 is 0. The summed E-state index contributed by atoms with van der Waals surface area (Å²) in [5, 5.41) is 40.5. The second-order valence-electron chi connectivity index (χ2n) is 13.1. The molecule has 0 saturated carbocycles. The standard InChI is InChI=1S/C30H42O7.C4H6O/c1-17-11-19(14-22(25(17)31)29(3,4)5)13-21(27(33)34)9-10-37-24(28(35)36)16-20-12-18(2)26(32)23(15-20)30(6,7)8;1-2-4-5-3-1/h11-12,14-15,21,24,31-32H,9-10,13,16H2,1-8H3,(H,33,34)(H,35,36);1,3H,2,4H2. The van der Waals surface area contributed by atoms with Gasteiger partial charge >= 0.3 is 11.9 Å². The Labute approximate surface area is 250 Å². The molecule has 0 fully saturated rings. The fraction of sp³-hybridized carbons (Fsp3) is 0.529. The molecule has 0 aromatic heterocycles. The van der Waals surface area contributed by atoms with E-state index in [1.165, 1.54) is 0 Å². The average Bonchev–Trinajstić information content (AvgIpc) is 3.45. The third-order valence-corrected chi connectivity index (χ3v) is 7.24. The van der Waals surface area contributed by atoms with Crippen molar-refractivity contribution in [3.63, 3.8) is 0 Å². The molecule has 0 saturated heterocycles. The van der Waals surface area contributed by atoms with Crippen molar-refractivity contribution in [2.75, 3.05) is 13.2 Å². The lowest BCUT2D eigenvalue weighted by molar-refractivity contribution is -0.151. The highest BCUT2D eigenvalue weighted by molar-refractivity contribution is 5.73. The second-order valence-corrected chi connectivity index (χ2v) is 13.1. The van der Waals surface area contributed by atoms with Gasteiger partial charge in [-0.05, 0) is 77.0 Å². The summed E-state index contributed by atoms with van der Waals surface area (Å²) in [6.45, 7) is 16.3. The minimum atomic E-state index is -1.14. The summed E-state index contributed by atoms with van der Waals surface area (Å²) in [6, 6.07) is 7.20. The molecule has 4 N–H and O–H groups in total. The number of hydrogen-bond donors (Lipinski definition) is 4. The quantitative estimate of drug-likeness (QED) is 0.246. The lowest BCUT2D eigenvalue weighted by atomic mass is 9.83. The highest BCUT2D eigenvalue weighted by Gasteiger charge is 2.26. The van der Waals surface area contributed by atoms with Crippen molar-refractivity contribution in [3.8, 4) is 11.5 Å². The van der Waals surface area contributed by atoms with Gasteiger partial charge in [0.05, 0.1) is 18.8 Å². The lowest BCUT2D eigenvalue weighted by Gasteiger charge is -2.24. The minimum absolute atomic E-state index is 0.0275. The predicted octanol–water partition coefficient (Wildman–Crippen LogP) is 6.58. The summed E-state index contributed by atoms with van der Waals surface area (Å²) in [4.78, 5) is 23.9. The molecule has 2 aromatic rings. The van der Waals surface area contributed by atoms with Crippen molar-refractivity contribution >= 4 is 11.9 Å². The van der Waals surface area contributed by atoms with Crippen LogP contribution in [0.2, 0.25) is 0 Å². The molecular formula is C34H48O8. The molecule has 1 heterocycles. The van der Waals surface area contributed by atoms with Crippen LogP contribution in [0.4, 0.5) is 0 Å². The zero-order valence-electron chi connectivity index (χ0n) is 26.3. The zero-order chi connectivity index (χ0) is 31.8. The molecule has 0 amide bonds. The van der Waals surface area contributed by atoms with E-state index in [1.807, 2.05) is 59.8 Å². The summed E-state index contributed by atoms with van der Waals surface area (Å²) in [5.41, 5.74) is 3.75. The topological polar surface area (TPSA) is 134 Å². The lowest BCUT2D eigenvalue weighted by Crippen LogP contribution is -2.28. The Morgan fingerprint density at radius 2 is 1.33 bits per heavy atom. The van der Waals surface area contributed by atoms with E-state index in [1.54, 1.807) is 32.2 Å². The molecule has 2 atom stereocenters. The molecule has 8 nitrogen and oxygen atoms in total. The number of ether oxygens (including phenoxy) is 2. The van der Waals surface area contributed by atoms with Gasteiger partial charge in [-0.2, -0.15) is 0 Å². The van der Waals surface area contributed by atoms with Crippen LogP contribution < -0.4 is 0 Å². The van der Waals surface area contributed by atoms with Crippen molar-refractivity contribution in [2.24, 2.45) is 5.92 Å². The van der Waals surface area contributed by atoms with Crippen LogP contribution in [0.3, 0.4) is 0 Å². The van der Waals surface area contributed by atoms with Crippen molar-refractivity contribution < 1.29 is 39.5 Å². The monoisotopic (exact) mass is 584 g/mol. The van der Waals surface area contributed by atoms with Crippen LogP contribution in [-0.2, 0) is 42.7 Å². The third-order valence-electron chi connectivity index (χ3n) is 7.24. The van der Waals surface area contributed by atoms with Crippen LogP contribution in [-0.4, -0.2) is 51.7 Å². The SMILES string of the molecule is C1=COCC1.Cc1cc(CC(CCOC(Cc2cc(C)c(O)c(C(C)(C)C)c2)C(=O)O)C(=O)O)cc(C(C)(C)C)c1O. The van der Waals surface area contributed by atoms with E-state index in [-0.39, 0.29) is 48.2 Å². The normalized spacial score (nSPS) is 14.5. The van der Waals surface area contributed by atoms with Crippen LogP contribution in [0.25, 0.3) is 0 Å². The van der Waals surface area contributed by atoms with Gasteiger partial charge < -0.3 is 29.9 Å². The first kappa shape index (κ1) is 34.7. The highest BCUT2D eigenvalue weighted by atomic mass is 16.5. The number of aliphatic carboxylic acids is 2. The minimum Gasteiger partial charge on any atom is -0.507 e. The third kappa shape index (κ3) is 10.1. The Morgan fingerprint density at radius 3 is 1.69 bits per heavy atom. The number of carboxylic acids is 2. The van der Waals surface area contributed by atoms with E-state index in [4.69, 9.17) is 9.47 Å². The fourth-order valence-electron chi connectivity index (χ4n) is 4.81.